The predicted molar refractivity (Wildman–Crippen MR) is 84.5 cm³/mol. The van der Waals surface area contributed by atoms with Crippen LogP contribution in [0.15, 0.2) is 42.5 Å². The highest BCUT2D eigenvalue weighted by atomic mass is 16.1. The molecule has 2 aromatic carbocycles. The second-order valence-electron chi connectivity index (χ2n) is 5.23. The molecule has 2 rings (SSSR count). The molecule has 0 aliphatic carbocycles. The Hall–Kier alpha value is -2.09. The van der Waals surface area contributed by atoms with Crippen LogP contribution in [-0.2, 0) is 0 Å². The van der Waals surface area contributed by atoms with E-state index in [0.717, 1.165) is 16.8 Å². The van der Waals surface area contributed by atoms with E-state index in [0.29, 0.717) is 13.0 Å². The van der Waals surface area contributed by atoms with Crippen LogP contribution in [0, 0.1) is 20.8 Å². The van der Waals surface area contributed by atoms with Crippen LogP contribution in [0.25, 0.3) is 0 Å². The molecule has 104 valence electrons. The first-order chi connectivity index (χ1) is 9.58. The van der Waals surface area contributed by atoms with Crippen molar-refractivity contribution in [1.82, 2.24) is 0 Å². The number of Topliss-reactive ketones (excluding diaryl/α,β-unsaturated/α-hetero) is 1. The van der Waals surface area contributed by atoms with Crippen LogP contribution in [0.3, 0.4) is 0 Å². The highest BCUT2D eigenvalue weighted by Crippen LogP contribution is 2.15. The van der Waals surface area contributed by atoms with E-state index >= 15 is 0 Å². The van der Waals surface area contributed by atoms with Gasteiger partial charge >= 0.3 is 0 Å². The van der Waals surface area contributed by atoms with Gasteiger partial charge < -0.3 is 5.32 Å². The number of rotatable bonds is 5. The number of hydrogen-bond donors (Lipinski definition) is 1. The van der Waals surface area contributed by atoms with E-state index in [2.05, 4.69) is 24.4 Å². The fourth-order valence-electron chi connectivity index (χ4n) is 2.34. The van der Waals surface area contributed by atoms with E-state index in [1.54, 1.807) is 0 Å². The minimum absolute atomic E-state index is 0.198. The van der Waals surface area contributed by atoms with E-state index in [1.165, 1.54) is 11.1 Å². The molecule has 2 nitrogen and oxygen atoms in total. The minimum Gasteiger partial charge on any atom is -0.384 e. The Kier molecular flexibility index (Phi) is 4.57. The number of anilines is 1. The molecule has 0 spiro atoms. The van der Waals surface area contributed by atoms with Crippen molar-refractivity contribution in [2.24, 2.45) is 0 Å². The molecular weight excluding hydrogens is 246 g/mol. The lowest BCUT2D eigenvalue weighted by Crippen LogP contribution is -2.10. The summed E-state index contributed by atoms with van der Waals surface area (Å²) in [6.45, 7) is 6.77. The molecule has 0 unspecified atom stereocenters. The maximum Gasteiger partial charge on any atom is 0.164 e. The lowest BCUT2D eigenvalue weighted by molar-refractivity contribution is 0.0986. The Morgan fingerprint density at radius 3 is 2.45 bits per heavy atom. The van der Waals surface area contributed by atoms with Gasteiger partial charge in [0.25, 0.3) is 0 Å². The molecule has 0 saturated heterocycles. The molecule has 0 aromatic heterocycles. The molecule has 0 radical (unpaired) electrons. The average Bonchev–Trinajstić information content (AvgIpc) is 2.40. The van der Waals surface area contributed by atoms with Crippen LogP contribution in [0.5, 0.6) is 0 Å². The maximum absolute atomic E-state index is 12.2. The van der Waals surface area contributed by atoms with Crippen molar-refractivity contribution in [2.75, 3.05) is 11.9 Å². The molecule has 0 saturated carbocycles. The van der Waals surface area contributed by atoms with E-state index in [9.17, 15) is 4.79 Å². The summed E-state index contributed by atoms with van der Waals surface area (Å²) in [6.07, 6.45) is 0.512. The number of para-hydroxylation sites is 1. The zero-order valence-corrected chi connectivity index (χ0v) is 12.4. The van der Waals surface area contributed by atoms with Gasteiger partial charge in [-0.3, -0.25) is 4.79 Å². The monoisotopic (exact) mass is 267 g/mol. The van der Waals surface area contributed by atoms with Gasteiger partial charge in [0.2, 0.25) is 0 Å². The number of nitrogens with one attached hydrogen (secondary N) is 1. The molecule has 0 amide bonds. The van der Waals surface area contributed by atoms with Crippen LogP contribution in [-0.4, -0.2) is 12.3 Å². The standard InChI is InChI=1S/C18H21NO/c1-13-8-9-16(15(3)12-13)18(20)10-11-19-17-7-5-4-6-14(17)2/h4-9,12,19H,10-11H2,1-3H3. The molecule has 0 atom stereocenters. The van der Waals surface area contributed by atoms with Gasteiger partial charge in [-0.1, -0.05) is 42.0 Å². The van der Waals surface area contributed by atoms with Crippen molar-refractivity contribution < 1.29 is 4.79 Å². The Morgan fingerprint density at radius 1 is 1.00 bits per heavy atom. The topological polar surface area (TPSA) is 29.1 Å². The second kappa shape index (κ2) is 6.38. The van der Waals surface area contributed by atoms with Crippen LogP contribution in [0.2, 0.25) is 0 Å². The summed E-state index contributed by atoms with van der Waals surface area (Å²) in [5.74, 6) is 0.198. The lowest BCUT2D eigenvalue weighted by atomic mass is 10.0. The summed E-state index contributed by atoms with van der Waals surface area (Å²) < 4.78 is 0. The largest absolute Gasteiger partial charge is 0.384 e. The molecular formula is C18H21NO. The van der Waals surface area contributed by atoms with E-state index in [-0.39, 0.29) is 5.78 Å². The van der Waals surface area contributed by atoms with Crippen LogP contribution < -0.4 is 5.32 Å². The number of carbonyl (C=O) groups is 1. The zero-order valence-electron chi connectivity index (χ0n) is 12.4. The highest BCUT2D eigenvalue weighted by molar-refractivity contribution is 5.97. The second-order valence-corrected chi connectivity index (χ2v) is 5.23. The molecule has 0 heterocycles. The van der Waals surface area contributed by atoms with Crippen molar-refractivity contribution in [1.29, 1.82) is 0 Å². The minimum atomic E-state index is 0.198. The smallest absolute Gasteiger partial charge is 0.164 e. The predicted octanol–water partition coefficient (Wildman–Crippen LogP) is 4.30. The van der Waals surface area contributed by atoms with Crippen LogP contribution in [0.4, 0.5) is 5.69 Å². The maximum atomic E-state index is 12.2. The molecule has 20 heavy (non-hydrogen) atoms. The third-order valence-corrected chi connectivity index (χ3v) is 3.49. The summed E-state index contributed by atoms with van der Waals surface area (Å²) in [5, 5.41) is 3.32. The average molecular weight is 267 g/mol. The summed E-state index contributed by atoms with van der Waals surface area (Å²) in [7, 11) is 0. The van der Waals surface area contributed by atoms with Crippen molar-refractivity contribution in [2.45, 2.75) is 27.2 Å². The SMILES string of the molecule is Cc1ccc(C(=O)CCNc2ccccc2C)c(C)c1. The summed E-state index contributed by atoms with van der Waals surface area (Å²) >= 11 is 0. The fourth-order valence-corrected chi connectivity index (χ4v) is 2.34. The van der Waals surface area contributed by atoms with E-state index < -0.39 is 0 Å². The molecule has 2 heteroatoms. The van der Waals surface area contributed by atoms with Gasteiger partial charge in [-0.15, -0.1) is 0 Å². The Balaban J connectivity index is 1.94. The van der Waals surface area contributed by atoms with E-state index in [4.69, 9.17) is 0 Å². The Morgan fingerprint density at radius 2 is 1.75 bits per heavy atom. The van der Waals surface area contributed by atoms with E-state index in [1.807, 2.05) is 44.2 Å². The van der Waals surface area contributed by atoms with Gasteiger partial charge in [0, 0.05) is 24.2 Å². The van der Waals surface area contributed by atoms with Gasteiger partial charge in [-0.2, -0.15) is 0 Å². The highest BCUT2D eigenvalue weighted by Gasteiger charge is 2.08. The third kappa shape index (κ3) is 3.47. The first kappa shape index (κ1) is 14.3. The molecule has 0 bridgehead atoms. The first-order valence-electron chi connectivity index (χ1n) is 6.98. The van der Waals surface area contributed by atoms with Gasteiger partial charge in [-0.05, 0) is 38.0 Å². The summed E-state index contributed by atoms with van der Waals surface area (Å²) in [4.78, 5) is 12.2. The summed E-state index contributed by atoms with van der Waals surface area (Å²) in [5.41, 5.74) is 5.39. The number of hydrogen-bond acceptors (Lipinski definition) is 2. The quantitative estimate of drug-likeness (QED) is 0.818. The third-order valence-electron chi connectivity index (χ3n) is 3.49. The number of benzene rings is 2. The number of ketones is 1. The van der Waals surface area contributed by atoms with Crippen LogP contribution >= 0.6 is 0 Å². The first-order valence-corrected chi connectivity index (χ1v) is 6.98. The molecule has 0 aliphatic heterocycles. The molecule has 2 aromatic rings. The number of carbonyl (C=O) groups excluding carboxylic acids is 1. The molecule has 0 fully saturated rings. The van der Waals surface area contributed by atoms with Crippen molar-refractivity contribution in [3.8, 4) is 0 Å². The van der Waals surface area contributed by atoms with Crippen molar-refractivity contribution in [3.05, 3.63) is 64.7 Å². The summed E-state index contributed by atoms with van der Waals surface area (Å²) in [6, 6.07) is 14.1. The Bertz CT molecular complexity index is 617. The van der Waals surface area contributed by atoms with Crippen molar-refractivity contribution >= 4 is 11.5 Å². The van der Waals surface area contributed by atoms with Gasteiger partial charge in [0.05, 0.1) is 0 Å². The van der Waals surface area contributed by atoms with Gasteiger partial charge in [-0.25, -0.2) is 0 Å². The molecule has 1 N–H and O–H groups in total. The molecule has 0 aliphatic rings. The Labute approximate surface area is 120 Å². The van der Waals surface area contributed by atoms with Gasteiger partial charge in [0.15, 0.2) is 5.78 Å². The number of aryl methyl sites for hydroxylation is 3. The lowest BCUT2D eigenvalue weighted by Gasteiger charge is -2.10. The fraction of sp³-hybridized carbons (Fsp3) is 0.278. The zero-order chi connectivity index (χ0) is 14.5. The normalized spacial score (nSPS) is 10.3. The van der Waals surface area contributed by atoms with Gasteiger partial charge in [0.1, 0.15) is 0 Å². The van der Waals surface area contributed by atoms with Crippen molar-refractivity contribution in [3.63, 3.8) is 0 Å². The van der Waals surface area contributed by atoms with Crippen LogP contribution in [0.1, 0.15) is 33.5 Å².